The fourth-order valence-electron chi connectivity index (χ4n) is 3.91. The van der Waals surface area contributed by atoms with Crippen LogP contribution in [0.5, 0.6) is 23.0 Å². The molecule has 0 saturated heterocycles. The van der Waals surface area contributed by atoms with E-state index in [4.69, 9.17) is 18.9 Å². The lowest BCUT2D eigenvalue weighted by Gasteiger charge is -2.17. The normalized spacial score (nSPS) is 14.0. The molecule has 2 aromatic carbocycles. The van der Waals surface area contributed by atoms with Crippen molar-refractivity contribution in [2.45, 2.75) is 26.3 Å². The maximum Gasteiger partial charge on any atom is 0.231 e. The standard InChI is InChI=1S/C22H22NO4/c1-3-8-25-22-17-12-23-7-6-15-10-20-21(27-13-26-20)11-16(15)18(23)9-14(17)4-5-19(22)24-2/h4-5,9-12H,3,6-8,13H2,1-2H3/q+1. The number of ether oxygens (including phenoxy) is 4. The SMILES string of the molecule is CCCOc1c(OC)ccc2cc3[n+](cc12)CCc1cc2c(cc1-3)OCO2. The van der Waals surface area contributed by atoms with Gasteiger partial charge in [-0.3, -0.25) is 0 Å². The number of hydrogen-bond acceptors (Lipinski definition) is 4. The molecule has 0 spiro atoms. The minimum Gasteiger partial charge on any atom is -0.493 e. The highest BCUT2D eigenvalue weighted by molar-refractivity contribution is 5.91. The maximum absolute atomic E-state index is 6.04. The van der Waals surface area contributed by atoms with Gasteiger partial charge in [0.05, 0.1) is 24.7 Å². The summed E-state index contributed by atoms with van der Waals surface area (Å²) < 4.78 is 25.0. The molecule has 5 nitrogen and oxygen atoms in total. The molecule has 0 saturated carbocycles. The van der Waals surface area contributed by atoms with Crippen molar-refractivity contribution in [3.63, 3.8) is 0 Å². The van der Waals surface area contributed by atoms with Crippen LogP contribution in [0.15, 0.2) is 36.5 Å². The van der Waals surface area contributed by atoms with E-state index in [0.29, 0.717) is 13.4 Å². The van der Waals surface area contributed by atoms with E-state index >= 15 is 0 Å². The van der Waals surface area contributed by atoms with Gasteiger partial charge in [-0.05, 0) is 41.6 Å². The van der Waals surface area contributed by atoms with Crippen LogP contribution in [0, 0.1) is 0 Å². The number of rotatable bonds is 4. The number of pyridine rings is 1. The third-order valence-electron chi connectivity index (χ3n) is 5.25. The largest absolute Gasteiger partial charge is 0.493 e. The van der Waals surface area contributed by atoms with Crippen molar-refractivity contribution in [1.82, 2.24) is 0 Å². The van der Waals surface area contributed by atoms with E-state index in [2.05, 4.69) is 42.0 Å². The van der Waals surface area contributed by atoms with Crippen molar-refractivity contribution >= 4 is 10.8 Å². The van der Waals surface area contributed by atoms with E-state index in [9.17, 15) is 0 Å². The minimum absolute atomic E-state index is 0.299. The predicted octanol–water partition coefficient (Wildman–Crippen LogP) is 3.88. The van der Waals surface area contributed by atoms with Crippen LogP contribution in [0.2, 0.25) is 0 Å². The third kappa shape index (κ3) is 2.57. The average molecular weight is 364 g/mol. The van der Waals surface area contributed by atoms with Crippen LogP contribution in [0.25, 0.3) is 22.0 Å². The van der Waals surface area contributed by atoms with Gasteiger partial charge in [-0.1, -0.05) is 6.92 Å². The zero-order chi connectivity index (χ0) is 18.4. The number of benzene rings is 2. The van der Waals surface area contributed by atoms with Crippen LogP contribution >= 0.6 is 0 Å². The molecule has 0 aliphatic carbocycles. The Morgan fingerprint density at radius 1 is 1.11 bits per heavy atom. The van der Waals surface area contributed by atoms with Crippen LogP contribution in [0.4, 0.5) is 0 Å². The fourth-order valence-corrected chi connectivity index (χ4v) is 3.91. The molecule has 0 fully saturated rings. The van der Waals surface area contributed by atoms with E-state index in [1.54, 1.807) is 7.11 Å². The summed E-state index contributed by atoms with van der Waals surface area (Å²) in [5.74, 6) is 3.27. The lowest BCUT2D eigenvalue weighted by molar-refractivity contribution is -0.686. The molecule has 0 bridgehead atoms. The van der Waals surface area contributed by atoms with E-state index in [1.807, 2.05) is 6.07 Å². The van der Waals surface area contributed by atoms with Gasteiger partial charge in [0.25, 0.3) is 0 Å². The molecule has 0 N–H and O–H groups in total. The first-order valence-electron chi connectivity index (χ1n) is 9.38. The minimum atomic E-state index is 0.299. The summed E-state index contributed by atoms with van der Waals surface area (Å²) in [6.45, 7) is 4.00. The number of nitrogens with zero attached hydrogens (tertiary/aromatic N) is 1. The molecule has 0 amide bonds. The number of methoxy groups -OCH3 is 1. The van der Waals surface area contributed by atoms with Crippen molar-refractivity contribution in [3.05, 3.63) is 42.1 Å². The van der Waals surface area contributed by atoms with Gasteiger partial charge in [-0.2, -0.15) is 4.57 Å². The van der Waals surface area contributed by atoms with Crippen LogP contribution in [0.1, 0.15) is 18.9 Å². The molecular formula is C22H22NO4+. The van der Waals surface area contributed by atoms with E-state index in [1.165, 1.54) is 16.8 Å². The summed E-state index contributed by atoms with van der Waals surface area (Å²) in [5.41, 5.74) is 3.70. The topological polar surface area (TPSA) is 40.8 Å². The quantitative estimate of drug-likeness (QED) is 0.659. The lowest BCUT2D eigenvalue weighted by atomic mass is 9.95. The molecule has 0 radical (unpaired) electrons. The molecule has 2 aliphatic heterocycles. The van der Waals surface area contributed by atoms with E-state index < -0.39 is 0 Å². The molecule has 0 atom stereocenters. The van der Waals surface area contributed by atoms with E-state index in [0.717, 1.165) is 53.2 Å². The second-order valence-corrected chi connectivity index (χ2v) is 6.91. The third-order valence-corrected chi connectivity index (χ3v) is 5.25. The predicted molar refractivity (Wildman–Crippen MR) is 102 cm³/mol. The average Bonchev–Trinajstić information content (AvgIpc) is 3.16. The molecular weight excluding hydrogens is 342 g/mol. The van der Waals surface area contributed by atoms with Gasteiger partial charge >= 0.3 is 0 Å². The summed E-state index contributed by atoms with van der Waals surface area (Å²) in [7, 11) is 1.68. The highest BCUT2D eigenvalue weighted by Gasteiger charge is 2.28. The molecule has 5 rings (SSSR count). The Bertz CT molecular complexity index is 1040. The molecule has 2 aliphatic rings. The van der Waals surface area contributed by atoms with Gasteiger partial charge in [0.1, 0.15) is 0 Å². The summed E-state index contributed by atoms with van der Waals surface area (Å²) in [4.78, 5) is 0. The zero-order valence-corrected chi connectivity index (χ0v) is 15.6. The van der Waals surface area contributed by atoms with Crippen molar-refractivity contribution < 1.29 is 23.5 Å². The number of aryl methyl sites for hydroxylation is 2. The highest BCUT2D eigenvalue weighted by Crippen LogP contribution is 2.41. The smallest absolute Gasteiger partial charge is 0.231 e. The first-order chi connectivity index (χ1) is 13.3. The van der Waals surface area contributed by atoms with Crippen molar-refractivity contribution in [1.29, 1.82) is 0 Å². The first kappa shape index (κ1) is 16.2. The Morgan fingerprint density at radius 3 is 2.78 bits per heavy atom. The number of aromatic nitrogens is 1. The molecule has 5 heteroatoms. The summed E-state index contributed by atoms with van der Waals surface area (Å²) in [6.07, 6.45) is 4.11. The van der Waals surface area contributed by atoms with Gasteiger partial charge in [0.2, 0.25) is 12.5 Å². The first-order valence-corrected chi connectivity index (χ1v) is 9.38. The molecule has 138 valence electrons. The summed E-state index contributed by atoms with van der Waals surface area (Å²) in [6, 6.07) is 10.5. The van der Waals surface area contributed by atoms with Gasteiger partial charge in [-0.25, -0.2) is 0 Å². The fraction of sp³-hybridized carbons (Fsp3) is 0.318. The monoisotopic (exact) mass is 364 g/mol. The van der Waals surface area contributed by atoms with Crippen molar-refractivity contribution in [3.8, 4) is 34.3 Å². The van der Waals surface area contributed by atoms with Crippen LogP contribution < -0.4 is 23.5 Å². The Hall–Kier alpha value is -2.95. The van der Waals surface area contributed by atoms with Crippen LogP contribution in [0.3, 0.4) is 0 Å². The van der Waals surface area contributed by atoms with E-state index in [-0.39, 0.29) is 0 Å². The summed E-state index contributed by atoms with van der Waals surface area (Å²) >= 11 is 0. The highest BCUT2D eigenvalue weighted by atomic mass is 16.7. The maximum atomic E-state index is 6.04. The Labute approximate surface area is 158 Å². The van der Waals surface area contributed by atoms with Gasteiger partial charge in [0.15, 0.2) is 35.7 Å². The Kier molecular flexibility index (Phi) is 3.81. The molecule has 1 aromatic heterocycles. The second-order valence-electron chi connectivity index (χ2n) is 6.91. The van der Waals surface area contributed by atoms with Crippen molar-refractivity contribution in [2.24, 2.45) is 0 Å². The van der Waals surface area contributed by atoms with Crippen LogP contribution in [-0.4, -0.2) is 20.5 Å². The molecule has 27 heavy (non-hydrogen) atoms. The molecule has 0 unspecified atom stereocenters. The van der Waals surface area contributed by atoms with Crippen molar-refractivity contribution in [2.75, 3.05) is 20.5 Å². The molecule has 3 heterocycles. The second kappa shape index (κ2) is 6.34. The van der Waals surface area contributed by atoms with Gasteiger partial charge in [-0.15, -0.1) is 0 Å². The Balaban J connectivity index is 1.69. The molecule has 3 aromatic rings. The van der Waals surface area contributed by atoms with Crippen LogP contribution in [-0.2, 0) is 13.0 Å². The van der Waals surface area contributed by atoms with Gasteiger partial charge < -0.3 is 18.9 Å². The zero-order valence-electron chi connectivity index (χ0n) is 15.6. The number of fused-ring (bicyclic) bond motifs is 5. The lowest BCUT2D eigenvalue weighted by Crippen LogP contribution is -2.40. The summed E-state index contributed by atoms with van der Waals surface area (Å²) in [5, 5.41) is 2.22. The number of hydrogen-bond donors (Lipinski definition) is 0. The Morgan fingerprint density at radius 2 is 1.96 bits per heavy atom. The van der Waals surface area contributed by atoms with Gasteiger partial charge in [0, 0.05) is 12.5 Å².